The summed E-state index contributed by atoms with van der Waals surface area (Å²) in [7, 11) is 0. The van der Waals surface area contributed by atoms with Gasteiger partial charge in [0.2, 0.25) is 0 Å². The highest BCUT2D eigenvalue weighted by molar-refractivity contribution is 4.72. The second-order valence-corrected chi connectivity index (χ2v) is 2.95. The summed E-state index contributed by atoms with van der Waals surface area (Å²) in [6.07, 6.45) is 2.07. The first-order valence-electron chi connectivity index (χ1n) is 4.34. The van der Waals surface area contributed by atoms with Crippen molar-refractivity contribution in [1.29, 1.82) is 5.26 Å². The summed E-state index contributed by atoms with van der Waals surface area (Å²) in [4.78, 5) is 0. The predicted octanol–water partition coefficient (Wildman–Crippen LogP) is 1.76. The first-order valence-corrected chi connectivity index (χ1v) is 4.34. The average molecular weight is 170 g/mol. The van der Waals surface area contributed by atoms with E-state index in [1.807, 2.05) is 6.92 Å². The zero-order valence-electron chi connectivity index (χ0n) is 7.58. The summed E-state index contributed by atoms with van der Waals surface area (Å²) in [5.74, 6) is 0.308. The van der Waals surface area contributed by atoms with Gasteiger partial charge in [0, 0.05) is 13.0 Å². The number of hydrogen-bond acceptors (Lipinski definition) is 2. The van der Waals surface area contributed by atoms with Crippen molar-refractivity contribution in [3.8, 4) is 6.07 Å². The molecule has 0 saturated heterocycles. The lowest BCUT2D eigenvalue weighted by atomic mass is 10.1. The van der Waals surface area contributed by atoms with Crippen molar-refractivity contribution >= 4 is 0 Å². The third-order valence-electron chi connectivity index (χ3n) is 1.53. The second-order valence-electron chi connectivity index (χ2n) is 2.95. The van der Waals surface area contributed by atoms with Crippen LogP contribution < -0.4 is 0 Å². The fourth-order valence-corrected chi connectivity index (χ4v) is 0.805. The Balaban J connectivity index is 3.04. The lowest BCUT2D eigenvalue weighted by Gasteiger charge is -2.07. The maximum absolute atomic E-state index is 10.0. The number of nitrogens with zero attached hydrogens (tertiary/aromatic N) is 1. The lowest BCUT2D eigenvalue weighted by molar-refractivity contribution is 0.0944. The van der Waals surface area contributed by atoms with E-state index in [1.165, 1.54) is 0 Å². The SMILES string of the molecule is CC(CC#N)COCCCC[O]. The summed E-state index contributed by atoms with van der Waals surface area (Å²) in [5, 5.41) is 18.4. The monoisotopic (exact) mass is 170 g/mol. The van der Waals surface area contributed by atoms with Gasteiger partial charge >= 0.3 is 0 Å². The Bertz CT molecular complexity index is 131. The molecule has 0 spiro atoms. The molecule has 1 radical (unpaired) electrons. The van der Waals surface area contributed by atoms with Crippen LogP contribution in [0.15, 0.2) is 0 Å². The number of unbranched alkanes of at least 4 members (excludes halogenated alkanes) is 1. The van der Waals surface area contributed by atoms with E-state index < -0.39 is 0 Å². The van der Waals surface area contributed by atoms with Crippen LogP contribution in [0, 0.1) is 17.2 Å². The van der Waals surface area contributed by atoms with E-state index in [2.05, 4.69) is 6.07 Å². The molecule has 69 valence electrons. The molecule has 0 fully saturated rings. The molecule has 1 atom stereocenters. The molecule has 0 aromatic rings. The Morgan fingerprint density at radius 2 is 2.25 bits per heavy atom. The molecule has 12 heavy (non-hydrogen) atoms. The Morgan fingerprint density at radius 3 is 2.83 bits per heavy atom. The highest BCUT2D eigenvalue weighted by Gasteiger charge is 1.99. The van der Waals surface area contributed by atoms with Crippen LogP contribution in [-0.2, 0) is 9.84 Å². The normalized spacial score (nSPS) is 12.4. The van der Waals surface area contributed by atoms with Crippen molar-refractivity contribution in [1.82, 2.24) is 0 Å². The van der Waals surface area contributed by atoms with Crippen molar-refractivity contribution in [2.24, 2.45) is 5.92 Å². The smallest absolute Gasteiger partial charge is 0.0823 e. The summed E-state index contributed by atoms with van der Waals surface area (Å²) < 4.78 is 5.26. The van der Waals surface area contributed by atoms with Crippen molar-refractivity contribution in [2.45, 2.75) is 26.2 Å². The van der Waals surface area contributed by atoms with Gasteiger partial charge in [-0.25, -0.2) is 5.11 Å². The van der Waals surface area contributed by atoms with Crippen molar-refractivity contribution in [2.75, 3.05) is 19.8 Å². The largest absolute Gasteiger partial charge is 0.381 e. The van der Waals surface area contributed by atoms with Gasteiger partial charge in [-0.1, -0.05) is 6.92 Å². The number of hydrogen-bond donors (Lipinski definition) is 0. The summed E-state index contributed by atoms with van der Waals surface area (Å²) in [5.41, 5.74) is 0. The minimum absolute atomic E-state index is 0.0168. The maximum Gasteiger partial charge on any atom is 0.0823 e. The molecular formula is C9H16NO2. The van der Waals surface area contributed by atoms with E-state index in [0.717, 1.165) is 6.42 Å². The Morgan fingerprint density at radius 1 is 1.50 bits per heavy atom. The fourth-order valence-electron chi connectivity index (χ4n) is 0.805. The van der Waals surface area contributed by atoms with E-state index in [9.17, 15) is 5.11 Å². The molecule has 0 saturated carbocycles. The number of ether oxygens (including phenoxy) is 1. The highest BCUT2D eigenvalue weighted by Crippen LogP contribution is 2.01. The molecule has 0 aromatic heterocycles. The van der Waals surface area contributed by atoms with Gasteiger partial charge in [0.1, 0.15) is 0 Å². The van der Waals surface area contributed by atoms with Gasteiger partial charge in [-0.15, -0.1) is 0 Å². The topological polar surface area (TPSA) is 52.9 Å². The molecule has 0 rings (SSSR count). The van der Waals surface area contributed by atoms with Crippen LogP contribution in [0.25, 0.3) is 0 Å². The van der Waals surface area contributed by atoms with E-state index >= 15 is 0 Å². The second kappa shape index (κ2) is 8.51. The van der Waals surface area contributed by atoms with Crippen LogP contribution in [0.5, 0.6) is 0 Å². The number of rotatable bonds is 7. The molecule has 0 aliphatic carbocycles. The molecule has 1 unspecified atom stereocenters. The van der Waals surface area contributed by atoms with Crippen LogP contribution in [-0.4, -0.2) is 19.8 Å². The van der Waals surface area contributed by atoms with Gasteiger partial charge in [-0.05, 0) is 18.8 Å². The standard InChI is InChI=1S/C9H16NO2/c1-9(4-5-10)8-12-7-3-2-6-11/h9H,2-4,6-8H2,1H3. The zero-order chi connectivity index (χ0) is 9.23. The van der Waals surface area contributed by atoms with Gasteiger partial charge in [0.05, 0.1) is 19.3 Å². The average Bonchev–Trinajstić information content (AvgIpc) is 2.05. The van der Waals surface area contributed by atoms with E-state index in [1.54, 1.807) is 0 Å². The Kier molecular flexibility index (Phi) is 8.09. The molecule has 0 heterocycles. The van der Waals surface area contributed by atoms with Gasteiger partial charge in [-0.2, -0.15) is 5.26 Å². The van der Waals surface area contributed by atoms with Gasteiger partial charge < -0.3 is 4.74 Å². The van der Waals surface area contributed by atoms with Gasteiger partial charge in [0.25, 0.3) is 0 Å². The first-order chi connectivity index (χ1) is 5.81. The summed E-state index contributed by atoms with van der Waals surface area (Å²) in [6.45, 7) is 3.25. The minimum atomic E-state index is -0.0168. The zero-order valence-corrected chi connectivity index (χ0v) is 7.58. The maximum atomic E-state index is 10.0. The Labute approximate surface area is 74.0 Å². The quantitative estimate of drug-likeness (QED) is 0.547. The van der Waals surface area contributed by atoms with E-state index in [4.69, 9.17) is 10.00 Å². The third kappa shape index (κ3) is 7.52. The van der Waals surface area contributed by atoms with Crippen molar-refractivity contribution in [3.63, 3.8) is 0 Å². The third-order valence-corrected chi connectivity index (χ3v) is 1.53. The molecule has 0 N–H and O–H groups in total. The molecule has 0 aliphatic rings. The summed E-state index contributed by atoms with van der Waals surface area (Å²) >= 11 is 0. The number of nitriles is 1. The first kappa shape index (κ1) is 11.4. The van der Waals surface area contributed by atoms with Crippen molar-refractivity contribution in [3.05, 3.63) is 0 Å². The highest BCUT2D eigenvalue weighted by atomic mass is 16.5. The molecular weight excluding hydrogens is 154 g/mol. The van der Waals surface area contributed by atoms with Gasteiger partial charge in [-0.3, -0.25) is 0 Å². The molecule has 0 amide bonds. The molecule has 0 bridgehead atoms. The molecule has 3 heteroatoms. The molecule has 3 nitrogen and oxygen atoms in total. The van der Waals surface area contributed by atoms with Crippen LogP contribution in [0.3, 0.4) is 0 Å². The lowest BCUT2D eigenvalue weighted by Crippen LogP contribution is -2.06. The molecule has 0 aliphatic heterocycles. The van der Waals surface area contributed by atoms with Gasteiger partial charge in [0.15, 0.2) is 0 Å². The van der Waals surface area contributed by atoms with E-state index in [-0.39, 0.29) is 6.61 Å². The van der Waals surface area contributed by atoms with Crippen LogP contribution in [0.4, 0.5) is 0 Å². The Hall–Kier alpha value is -0.590. The summed E-state index contributed by atoms with van der Waals surface area (Å²) in [6, 6.07) is 2.09. The molecule has 0 aromatic carbocycles. The minimum Gasteiger partial charge on any atom is -0.381 e. The van der Waals surface area contributed by atoms with E-state index in [0.29, 0.717) is 32.0 Å². The van der Waals surface area contributed by atoms with Crippen LogP contribution >= 0.6 is 0 Å². The fraction of sp³-hybridized carbons (Fsp3) is 0.889. The van der Waals surface area contributed by atoms with Crippen LogP contribution in [0.2, 0.25) is 0 Å². The van der Waals surface area contributed by atoms with Crippen LogP contribution in [0.1, 0.15) is 26.2 Å². The predicted molar refractivity (Wildman–Crippen MR) is 45.0 cm³/mol. The van der Waals surface area contributed by atoms with Crippen molar-refractivity contribution < 1.29 is 9.84 Å².